The first-order valence-electron chi connectivity index (χ1n) is 6.15. The van der Waals surface area contributed by atoms with Gasteiger partial charge >= 0.3 is 5.97 Å². The molecule has 1 rings (SSSR count). The first kappa shape index (κ1) is 15.5. The van der Waals surface area contributed by atoms with Crippen molar-refractivity contribution in [1.29, 1.82) is 0 Å². The van der Waals surface area contributed by atoms with Crippen LogP contribution in [0.15, 0.2) is 24.3 Å². The second-order valence-electron chi connectivity index (χ2n) is 3.70. The van der Waals surface area contributed by atoms with Gasteiger partial charge in [0.05, 0.1) is 13.2 Å². The highest BCUT2D eigenvalue weighted by atomic mass is 16.7. The fourth-order valence-corrected chi connectivity index (χ4v) is 1.77. The molecule has 1 aromatic rings. The minimum atomic E-state index is -1.54. The lowest BCUT2D eigenvalue weighted by Gasteiger charge is -2.28. The summed E-state index contributed by atoms with van der Waals surface area (Å²) < 4.78 is 20.9. The summed E-state index contributed by atoms with van der Waals surface area (Å²) in [5, 5.41) is 0. The fourth-order valence-electron chi connectivity index (χ4n) is 1.77. The summed E-state index contributed by atoms with van der Waals surface area (Å²) in [4.78, 5) is 12.0. The van der Waals surface area contributed by atoms with Gasteiger partial charge in [0.1, 0.15) is 5.75 Å². The van der Waals surface area contributed by atoms with Crippen molar-refractivity contribution in [1.82, 2.24) is 0 Å². The summed E-state index contributed by atoms with van der Waals surface area (Å²) >= 11 is 0. The Kier molecular flexibility index (Phi) is 5.79. The Morgan fingerprint density at radius 2 is 1.63 bits per heavy atom. The summed E-state index contributed by atoms with van der Waals surface area (Å²) in [5.74, 6) is -1.40. The molecule has 106 valence electrons. The van der Waals surface area contributed by atoms with Gasteiger partial charge in [-0.05, 0) is 38.1 Å². The smallest absolute Gasteiger partial charge is 0.372 e. The van der Waals surface area contributed by atoms with E-state index in [1.165, 1.54) is 14.2 Å². The molecule has 0 N–H and O–H groups in total. The number of carbonyl (C=O) groups excluding carboxylic acids is 1. The Bertz CT molecular complexity index is 395. The number of rotatable bonds is 7. The maximum Gasteiger partial charge on any atom is 0.372 e. The van der Waals surface area contributed by atoms with E-state index in [-0.39, 0.29) is 6.61 Å². The molecule has 0 aliphatic heterocycles. The molecule has 1 aromatic carbocycles. The number of ether oxygens (including phenoxy) is 4. The molecule has 0 aromatic heterocycles. The van der Waals surface area contributed by atoms with Crippen molar-refractivity contribution in [3.63, 3.8) is 0 Å². The SMILES string of the molecule is CCOC(=O)C(OC)(OC)c1ccc(OCC)cc1. The highest BCUT2D eigenvalue weighted by Gasteiger charge is 2.42. The first-order valence-corrected chi connectivity index (χ1v) is 6.15. The molecule has 19 heavy (non-hydrogen) atoms. The molecule has 0 unspecified atom stereocenters. The zero-order valence-corrected chi connectivity index (χ0v) is 11.8. The van der Waals surface area contributed by atoms with Crippen molar-refractivity contribution in [2.45, 2.75) is 19.6 Å². The molecule has 0 atom stereocenters. The maximum absolute atomic E-state index is 12.0. The van der Waals surface area contributed by atoms with Crippen molar-refractivity contribution in [2.75, 3.05) is 27.4 Å². The Hall–Kier alpha value is -1.59. The largest absolute Gasteiger partial charge is 0.494 e. The second-order valence-corrected chi connectivity index (χ2v) is 3.70. The molecule has 0 heterocycles. The molecular weight excluding hydrogens is 248 g/mol. The molecule has 0 aliphatic carbocycles. The van der Waals surface area contributed by atoms with Gasteiger partial charge < -0.3 is 18.9 Å². The van der Waals surface area contributed by atoms with E-state index in [0.29, 0.717) is 12.2 Å². The van der Waals surface area contributed by atoms with Crippen LogP contribution in [0.2, 0.25) is 0 Å². The topological polar surface area (TPSA) is 54.0 Å². The lowest BCUT2D eigenvalue weighted by atomic mass is 10.1. The molecule has 0 amide bonds. The third-order valence-corrected chi connectivity index (χ3v) is 2.66. The lowest BCUT2D eigenvalue weighted by molar-refractivity contribution is -0.235. The Balaban J connectivity index is 3.07. The van der Waals surface area contributed by atoms with Crippen LogP contribution in [-0.2, 0) is 24.8 Å². The molecular formula is C14H20O5. The zero-order chi connectivity index (χ0) is 14.3. The van der Waals surface area contributed by atoms with Crippen LogP contribution in [-0.4, -0.2) is 33.4 Å². The first-order chi connectivity index (χ1) is 9.14. The predicted octanol–water partition coefficient (Wildman–Crippen LogP) is 2.09. The average molecular weight is 268 g/mol. The van der Waals surface area contributed by atoms with Gasteiger partial charge in [-0.25, -0.2) is 4.79 Å². The molecule has 0 saturated heterocycles. The third-order valence-electron chi connectivity index (χ3n) is 2.66. The molecule has 0 aliphatic rings. The molecule has 0 fully saturated rings. The number of esters is 1. The molecule has 0 spiro atoms. The van der Waals surface area contributed by atoms with Crippen molar-refractivity contribution in [3.05, 3.63) is 29.8 Å². The third kappa shape index (κ3) is 3.24. The molecule has 0 saturated carbocycles. The standard InChI is InChI=1S/C14H20O5/c1-5-18-12-9-7-11(8-10-12)14(16-3,17-4)13(15)19-6-2/h7-10H,5-6H2,1-4H3. The lowest BCUT2D eigenvalue weighted by Crippen LogP contribution is -2.41. The number of methoxy groups -OCH3 is 2. The van der Waals surface area contributed by atoms with Gasteiger partial charge in [0, 0.05) is 19.8 Å². The summed E-state index contributed by atoms with van der Waals surface area (Å²) in [5.41, 5.74) is 0.555. The Morgan fingerprint density at radius 1 is 1.05 bits per heavy atom. The van der Waals surface area contributed by atoms with Gasteiger partial charge in [-0.15, -0.1) is 0 Å². The zero-order valence-electron chi connectivity index (χ0n) is 11.8. The summed E-state index contributed by atoms with van der Waals surface area (Å²) in [6.45, 7) is 4.47. The number of hydrogen-bond donors (Lipinski definition) is 0. The van der Waals surface area contributed by atoms with E-state index in [0.717, 1.165) is 5.75 Å². The monoisotopic (exact) mass is 268 g/mol. The van der Waals surface area contributed by atoms with E-state index in [9.17, 15) is 4.79 Å². The van der Waals surface area contributed by atoms with Crippen LogP contribution >= 0.6 is 0 Å². The Morgan fingerprint density at radius 3 is 2.05 bits per heavy atom. The minimum absolute atomic E-state index is 0.254. The highest BCUT2D eigenvalue weighted by Crippen LogP contribution is 2.29. The number of hydrogen-bond acceptors (Lipinski definition) is 5. The van der Waals surface area contributed by atoms with Crippen LogP contribution in [0.1, 0.15) is 19.4 Å². The van der Waals surface area contributed by atoms with Gasteiger partial charge in [0.2, 0.25) is 0 Å². The maximum atomic E-state index is 12.0. The Labute approximate surface area is 113 Å². The highest BCUT2D eigenvalue weighted by molar-refractivity contribution is 5.79. The van der Waals surface area contributed by atoms with Gasteiger partial charge in [-0.3, -0.25) is 0 Å². The van der Waals surface area contributed by atoms with E-state index in [1.54, 1.807) is 31.2 Å². The summed E-state index contributed by atoms with van der Waals surface area (Å²) in [6.07, 6.45) is 0. The van der Waals surface area contributed by atoms with Crippen LogP contribution in [0.5, 0.6) is 5.75 Å². The normalized spacial score (nSPS) is 11.2. The van der Waals surface area contributed by atoms with Crippen molar-refractivity contribution in [2.24, 2.45) is 0 Å². The quantitative estimate of drug-likeness (QED) is 0.560. The van der Waals surface area contributed by atoms with Crippen molar-refractivity contribution >= 4 is 5.97 Å². The van der Waals surface area contributed by atoms with Crippen LogP contribution in [0, 0.1) is 0 Å². The number of benzene rings is 1. The number of carbonyl (C=O) groups is 1. The van der Waals surface area contributed by atoms with Crippen molar-refractivity contribution in [3.8, 4) is 5.75 Å². The van der Waals surface area contributed by atoms with Gasteiger partial charge in [0.25, 0.3) is 5.79 Å². The van der Waals surface area contributed by atoms with Crippen LogP contribution in [0.4, 0.5) is 0 Å². The van der Waals surface area contributed by atoms with Crippen LogP contribution in [0.25, 0.3) is 0 Å². The van der Waals surface area contributed by atoms with Crippen molar-refractivity contribution < 1.29 is 23.7 Å². The molecule has 0 bridgehead atoms. The van der Waals surface area contributed by atoms with Gasteiger partial charge in [-0.1, -0.05) is 0 Å². The predicted molar refractivity (Wildman–Crippen MR) is 69.9 cm³/mol. The van der Waals surface area contributed by atoms with E-state index >= 15 is 0 Å². The van der Waals surface area contributed by atoms with Gasteiger partial charge in [-0.2, -0.15) is 0 Å². The van der Waals surface area contributed by atoms with Crippen LogP contribution in [0.3, 0.4) is 0 Å². The van der Waals surface area contributed by atoms with E-state index < -0.39 is 11.8 Å². The fraction of sp³-hybridized carbons (Fsp3) is 0.500. The van der Waals surface area contributed by atoms with E-state index in [4.69, 9.17) is 18.9 Å². The van der Waals surface area contributed by atoms with Gasteiger partial charge in [0.15, 0.2) is 0 Å². The molecule has 0 radical (unpaired) electrons. The minimum Gasteiger partial charge on any atom is -0.494 e. The van der Waals surface area contributed by atoms with Crippen LogP contribution < -0.4 is 4.74 Å². The summed E-state index contributed by atoms with van der Waals surface area (Å²) in [6, 6.07) is 6.94. The molecule has 5 nitrogen and oxygen atoms in total. The summed E-state index contributed by atoms with van der Waals surface area (Å²) in [7, 11) is 2.80. The second kappa shape index (κ2) is 7.11. The molecule has 5 heteroatoms. The average Bonchev–Trinajstić information content (AvgIpc) is 2.43. The van der Waals surface area contributed by atoms with E-state index in [2.05, 4.69) is 0 Å². The van der Waals surface area contributed by atoms with E-state index in [1.807, 2.05) is 6.92 Å².